The third kappa shape index (κ3) is 19.0. The number of sulfonamides is 1. The Kier molecular flexibility index (Phi) is 23.1. The van der Waals surface area contributed by atoms with Gasteiger partial charge in [0.2, 0.25) is 15.9 Å². The number of aryl methyl sites for hydroxylation is 2. The van der Waals surface area contributed by atoms with Crippen molar-refractivity contribution in [2.45, 2.75) is 101 Å². The van der Waals surface area contributed by atoms with E-state index in [4.69, 9.17) is 57.6 Å². The number of carbonyl (C=O) groups excluding carboxylic acids is 1. The summed E-state index contributed by atoms with van der Waals surface area (Å²) in [6.07, 6.45) is -9.23. The molecule has 4 N–H and O–H groups in total. The van der Waals surface area contributed by atoms with Crippen LogP contribution >= 0.6 is 23.2 Å². The molecule has 16 nitrogen and oxygen atoms in total. The molecule has 0 bridgehead atoms. The summed E-state index contributed by atoms with van der Waals surface area (Å²) in [6.45, 7) is 7.21. The smallest absolute Gasteiger partial charge is 0.487 e. The lowest BCUT2D eigenvalue weighted by atomic mass is 10.0. The largest absolute Gasteiger partial charge is 0.490 e. The van der Waals surface area contributed by atoms with Gasteiger partial charge in [-0.15, -0.1) is 0 Å². The number of likely N-dealkylation sites (N-methyl/N-ethyl adjacent to an activating group) is 1. The minimum absolute atomic E-state index is 0.0282. The summed E-state index contributed by atoms with van der Waals surface area (Å²) in [5.41, 5.74) is 2.32. The molecule has 2 aliphatic rings. The number of ether oxygens (including phenoxy) is 1. The lowest BCUT2D eigenvalue weighted by Gasteiger charge is -2.46. The molecule has 2 fully saturated rings. The zero-order valence-electron chi connectivity index (χ0n) is 39.2. The number of aliphatic carboxylic acids is 3. The molecule has 1 atom stereocenters. The number of carboxylic acids is 3. The van der Waals surface area contributed by atoms with E-state index >= 15 is 0 Å². The fraction of sp³-hybridized carbons (Fsp3) is 0.558. The number of unbranched alkanes of at least 4 members (excludes halogenated alkanes) is 1. The van der Waals surface area contributed by atoms with Crippen LogP contribution in [0.5, 0.6) is 5.75 Å². The molecule has 1 aromatic heterocycles. The lowest BCUT2D eigenvalue weighted by molar-refractivity contribution is -0.193. The zero-order valence-corrected chi connectivity index (χ0v) is 41.6. The maximum atomic E-state index is 14.2. The number of hydrogen-bond acceptors (Lipinski definition) is 11. The summed E-state index contributed by atoms with van der Waals surface area (Å²) in [5.74, 6) is -7.56. The van der Waals surface area contributed by atoms with E-state index in [1.807, 2.05) is 62.0 Å². The van der Waals surface area contributed by atoms with Crippen molar-refractivity contribution in [1.29, 1.82) is 0 Å². The number of fused-ring (bicyclic) bond motifs is 1. The maximum Gasteiger partial charge on any atom is 0.490 e. The van der Waals surface area contributed by atoms with Crippen LogP contribution in [0.4, 0.5) is 39.5 Å². The second-order valence-electron chi connectivity index (χ2n) is 16.7. The number of alkyl halides is 9. The zero-order chi connectivity index (χ0) is 54.4. The SMILES string of the molecule is Cc1cc(C)c2cccc(OCc3c(Cl)ccc(S(=O)(=O)NC4(N5CCN(C(=O)[C@H](CCCCN(C)C)N(C)C)CC5)CCCC4)c3Cl)c2n1.O=C(O)C(F)(F)F.O=C(O)C(F)(F)F.O=C(O)C(F)(F)F. The second-order valence-corrected chi connectivity index (χ2v) is 19.1. The highest BCUT2D eigenvalue weighted by molar-refractivity contribution is 7.89. The third-order valence-corrected chi connectivity index (χ3v) is 13.3. The van der Waals surface area contributed by atoms with Gasteiger partial charge in [-0.05, 0) is 104 Å². The molecule has 1 amide bonds. The Hall–Kier alpha value is -4.73. The predicted octanol–water partition coefficient (Wildman–Crippen LogP) is 7.99. The molecule has 2 aromatic carbocycles. The van der Waals surface area contributed by atoms with Gasteiger partial charge in [0.25, 0.3) is 0 Å². The van der Waals surface area contributed by atoms with E-state index < -0.39 is 52.1 Å². The van der Waals surface area contributed by atoms with Gasteiger partial charge in [0.1, 0.15) is 22.8 Å². The predicted molar refractivity (Wildman–Crippen MR) is 243 cm³/mol. The molecular formula is C43H55Cl2F9N6O10S. The van der Waals surface area contributed by atoms with Crippen LogP contribution < -0.4 is 9.46 Å². The fourth-order valence-electron chi connectivity index (χ4n) is 7.42. The Morgan fingerprint density at radius 2 is 1.32 bits per heavy atom. The Morgan fingerprint density at radius 3 is 1.79 bits per heavy atom. The van der Waals surface area contributed by atoms with E-state index in [0.29, 0.717) is 55.4 Å². The molecule has 0 spiro atoms. The normalized spacial score (nSPS) is 15.7. The van der Waals surface area contributed by atoms with Crippen LogP contribution in [0.25, 0.3) is 10.9 Å². The molecule has 1 aliphatic carbocycles. The van der Waals surface area contributed by atoms with E-state index in [0.717, 1.165) is 60.8 Å². The number of amides is 1. The van der Waals surface area contributed by atoms with Crippen LogP contribution in [0.3, 0.4) is 0 Å². The molecular weight excluding hydrogens is 1030 g/mol. The topological polar surface area (TPSA) is 210 Å². The molecule has 28 heteroatoms. The number of para-hydroxylation sites is 1. The summed E-state index contributed by atoms with van der Waals surface area (Å²) in [7, 11) is 4.00. The van der Waals surface area contributed by atoms with Crippen molar-refractivity contribution in [2.75, 3.05) is 60.9 Å². The molecule has 400 valence electrons. The molecule has 3 aromatic rings. The Bertz CT molecular complexity index is 2360. The first-order valence-corrected chi connectivity index (χ1v) is 23.6. The minimum Gasteiger partial charge on any atom is -0.487 e. The van der Waals surface area contributed by atoms with Crippen LogP contribution in [-0.4, -0.2) is 163 Å². The summed E-state index contributed by atoms with van der Waals surface area (Å²) in [6, 6.07) is 10.6. The highest BCUT2D eigenvalue weighted by Crippen LogP contribution is 2.38. The van der Waals surface area contributed by atoms with Gasteiger partial charge in [-0.25, -0.2) is 27.8 Å². The molecule has 1 saturated carbocycles. The Balaban J connectivity index is 0.000000685. The summed E-state index contributed by atoms with van der Waals surface area (Å²) in [4.78, 5) is 53.3. The quantitative estimate of drug-likeness (QED) is 0.0891. The Morgan fingerprint density at radius 1 is 0.817 bits per heavy atom. The number of rotatable bonds is 14. The number of benzene rings is 2. The number of hydrogen-bond donors (Lipinski definition) is 4. The van der Waals surface area contributed by atoms with Gasteiger partial charge in [-0.2, -0.15) is 44.2 Å². The number of aromatic nitrogens is 1. The van der Waals surface area contributed by atoms with Crippen molar-refractivity contribution in [2.24, 2.45) is 0 Å². The van der Waals surface area contributed by atoms with Crippen LogP contribution in [0.1, 0.15) is 61.8 Å². The van der Waals surface area contributed by atoms with Gasteiger partial charge in [-0.3, -0.25) is 14.6 Å². The van der Waals surface area contributed by atoms with Crippen LogP contribution in [0.15, 0.2) is 41.3 Å². The maximum absolute atomic E-state index is 14.2. The van der Waals surface area contributed by atoms with Crippen molar-refractivity contribution in [1.82, 2.24) is 29.3 Å². The number of piperazine rings is 1. The molecule has 5 rings (SSSR count). The number of nitrogens with one attached hydrogen (secondary N) is 1. The van der Waals surface area contributed by atoms with E-state index in [2.05, 4.69) is 33.6 Å². The number of carbonyl (C=O) groups is 4. The van der Waals surface area contributed by atoms with Crippen LogP contribution in [0.2, 0.25) is 10.0 Å². The average molecular weight is 1090 g/mol. The van der Waals surface area contributed by atoms with Crippen molar-refractivity contribution in [3.8, 4) is 5.75 Å². The first kappa shape index (κ1) is 62.4. The highest BCUT2D eigenvalue weighted by atomic mass is 35.5. The highest BCUT2D eigenvalue weighted by Gasteiger charge is 2.45. The van der Waals surface area contributed by atoms with E-state index in [-0.39, 0.29) is 28.5 Å². The third-order valence-electron chi connectivity index (χ3n) is 10.9. The molecule has 0 radical (unpaired) electrons. The van der Waals surface area contributed by atoms with Crippen LogP contribution in [-0.2, 0) is 35.8 Å². The molecule has 1 aliphatic heterocycles. The molecule has 2 heterocycles. The van der Waals surface area contributed by atoms with Gasteiger partial charge in [0, 0.05) is 47.8 Å². The number of halogens is 11. The number of carboxylic acid groups (broad SMARTS) is 3. The summed E-state index contributed by atoms with van der Waals surface area (Å²) >= 11 is 13.5. The van der Waals surface area contributed by atoms with Crippen molar-refractivity contribution in [3.63, 3.8) is 0 Å². The van der Waals surface area contributed by atoms with Gasteiger partial charge in [0.15, 0.2) is 0 Å². The van der Waals surface area contributed by atoms with Crippen molar-refractivity contribution in [3.05, 3.63) is 63.3 Å². The fourth-order valence-corrected chi connectivity index (χ4v) is 9.75. The average Bonchev–Trinajstić information content (AvgIpc) is 3.71. The van der Waals surface area contributed by atoms with Gasteiger partial charge >= 0.3 is 36.4 Å². The van der Waals surface area contributed by atoms with Gasteiger partial charge < -0.3 is 29.9 Å². The number of nitrogens with zero attached hydrogens (tertiary/aromatic N) is 5. The van der Waals surface area contributed by atoms with E-state index in [1.54, 1.807) is 6.07 Å². The summed E-state index contributed by atoms with van der Waals surface area (Å²) < 4.78 is 133. The van der Waals surface area contributed by atoms with E-state index in [9.17, 15) is 52.7 Å². The monoisotopic (exact) mass is 1090 g/mol. The minimum atomic E-state index is -5.08. The standard InChI is InChI=1S/C37H52Cl2N6O4S.3C2HF3O2/c1-26-24-27(2)40-35-28(26)12-11-14-32(35)49-25-29-30(38)15-16-33(34(29)39)50(47,48)41-37(17-8-9-18-37)45-22-20-44(21-23-45)36(46)31(43(5)6)13-7-10-19-42(3)4;3*3-2(4,5)1(6)7/h11-12,14-16,24,31,41H,7-10,13,17-23,25H2,1-6H3;3*(H,6,7)/t31-;;;/m0.../s1. The Labute approximate surface area is 413 Å². The molecule has 1 saturated heterocycles. The van der Waals surface area contributed by atoms with Crippen molar-refractivity contribution < 1.29 is 87.2 Å². The lowest BCUT2D eigenvalue weighted by Crippen LogP contribution is -2.64. The first-order valence-electron chi connectivity index (χ1n) is 21.3. The first-order chi connectivity index (χ1) is 32.5. The van der Waals surface area contributed by atoms with E-state index in [1.165, 1.54) is 6.07 Å². The second kappa shape index (κ2) is 26.3. The molecule has 71 heavy (non-hydrogen) atoms. The summed E-state index contributed by atoms with van der Waals surface area (Å²) in [5, 5.41) is 22.7. The van der Waals surface area contributed by atoms with Gasteiger partial charge in [0.05, 0.1) is 16.7 Å². The van der Waals surface area contributed by atoms with Crippen molar-refractivity contribution >= 4 is 67.9 Å². The molecule has 0 unspecified atom stereocenters. The van der Waals surface area contributed by atoms with Crippen LogP contribution in [0, 0.1) is 13.8 Å². The number of pyridine rings is 1. The van der Waals surface area contributed by atoms with Gasteiger partial charge in [-0.1, -0.05) is 54.6 Å².